The molecule has 0 aliphatic carbocycles. The molecule has 1 atom stereocenters. The van der Waals surface area contributed by atoms with Crippen molar-refractivity contribution in [1.29, 1.82) is 0 Å². The van der Waals surface area contributed by atoms with Crippen LogP contribution in [0.5, 0.6) is 0 Å². The van der Waals surface area contributed by atoms with E-state index in [0.29, 0.717) is 13.1 Å². The van der Waals surface area contributed by atoms with Gasteiger partial charge in [-0.25, -0.2) is 9.78 Å². The molecule has 3 amide bonds. The van der Waals surface area contributed by atoms with Crippen molar-refractivity contribution in [2.45, 2.75) is 19.9 Å². The molecule has 1 aromatic rings. The lowest BCUT2D eigenvalue weighted by Crippen LogP contribution is -2.40. The number of amides is 3. The third kappa shape index (κ3) is 3.04. The van der Waals surface area contributed by atoms with E-state index in [4.69, 9.17) is 0 Å². The molecule has 104 valence electrons. The minimum atomic E-state index is -0.198. The summed E-state index contributed by atoms with van der Waals surface area (Å²) in [4.78, 5) is 33.9. The molecule has 1 aliphatic heterocycles. The third-order valence-electron chi connectivity index (χ3n) is 3.15. The van der Waals surface area contributed by atoms with Gasteiger partial charge in [0.1, 0.15) is 12.4 Å². The first kappa shape index (κ1) is 13.4. The predicted molar refractivity (Wildman–Crippen MR) is 69.5 cm³/mol. The molecule has 0 aromatic carbocycles. The molecule has 2 N–H and O–H groups in total. The lowest BCUT2D eigenvalue weighted by atomic mass is 10.3. The van der Waals surface area contributed by atoms with Crippen LogP contribution in [0.3, 0.4) is 0 Å². The van der Waals surface area contributed by atoms with Crippen LogP contribution in [0.2, 0.25) is 0 Å². The van der Waals surface area contributed by atoms with Gasteiger partial charge >= 0.3 is 6.03 Å². The van der Waals surface area contributed by atoms with Gasteiger partial charge in [-0.1, -0.05) is 0 Å². The lowest BCUT2D eigenvalue weighted by molar-refractivity contribution is -0.122. The van der Waals surface area contributed by atoms with Gasteiger partial charge in [-0.05, 0) is 13.8 Å². The summed E-state index contributed by atoms with van der Waals surface area (Å²) in [5.41, 5.74) is 0.951. The molecular formula is C12H19N5O2. The molecule has 1 aliphatic rings. The Bertz CT molecular complexity index is 484. The molecule has 1 unspecified atom stereocenters. The second kappa shape index (κ2) is 5.29. The van der Waals surface area contributed by atoms with E-state index in [1.807, 2.05) is 13.8 Å². The maximum atomic E-state index is 11.9. The van der Waals surface area contributed by atoms with E-state index in [2.05, 4.69) is 15.3 Å². The van der Waals surface area contributed by atoms with Crippen molar-refractivity contribution in [3.05, 3.63) is 17.7 Å². The molecule has 0 spiro atoms. The van der Waals surface area contributed by atoms with E-state index < -0.39 is 0 Å². The van der Waals surface area contributed by atoms with Crippen molar-refractivity contribution in [2.24, 2.45) is 0 Å². The zero-order valence-electron chi connectivity index (χ0n) is 11.4. The maximum absolute atomic E-state index is 11.9. The number of hydrogen-bond donors (Lipinski definition) is 2. The Morgan fingerprint density at radius 1 is 1.58 bits per heavy atom. The van der Waals surface area contributed by atoms with Crippen molar-refractivity contribution in [3.63, 3.8) is 0 Å². The van der Waals surface area contributed by atoms with E-state index in [0.717, 1.165) is 11.5 Å². The van der Waals surface area contributed by atoms with E-state index in [-0.39, 0.29) is 24.5 Å². The first-order valence-corrected chi connectivity index (χ1v) is 6.28. The first-order chi connectivity index (χ1) is 8.97. The Balaban J connectivity index is 1.86. The van der Waals surface area contributed by atoms with Crippen LogP contribution in [-0.4, -0.2) is 58.4 Å². The number of nitrogens with zero attached hydrogens (tertiary/aromatic N) is 3. The molecule has 0 radical (unpaired) electrons. The molecule has 0 bridgehead atoms. The van der Waals surface area contributed by atoms with Crippen LogP contribution in [0.25, 0.3) is 0 Å². The molecule has 19 heavy (non-hydrogen) atoms. The Kier molecular flexibility index (Phi) is 3.73. The van der Waals surface area contributed by atoms with Crippen molar-refractivity contribution in [1.82, 2.24) is 25.1 Å². The molecule has 2 rings (SSSR count). The molecule has 7 heteroatoms. The summed E-state index contributed by atoms with van der Waals surface area (Å²) in [6.07, 6.45) is 1.72. The summed E-state index contributed by atoms with van der Waals surface area (Å²) >= 11 is 0. The average molecular weight is 265 g/mol. The Morgan fingerprint density at radius 3 is 2.84 bits per heavy atom. The molecule has 1 fully saturated rings. The fraction of sp³-hybridized carbons (Fsp3) is 0.583. The van der Waals surface area contributed by atoms with Crippen molar-refractivity contribution >= 4 is 11.9 Å². The number of urea groups is 1. The zero-order valence-corrected chi connectivity index (χ0v) is 11.4. The van der Waals surface area contributed by atoms with Crippen LogP contribution < -0.4 is 5.32 Å². The maximum Gasteiger partial charge on any atom is 0.320 e. The standard InChI is InChI=1S/C12H19N5O2/c1-8-6-13-11(14-8)9(2)15-10(18)7-17-5-4-16(3)12(17)19/h6,9H,4-5,7H2,1-3H3,(H,13,14)(H,15,18). The quantitative estimate of drug-likeness (QED) is 0.819. The molecular weight excluding hydrogens is 246 g/mol. The highest BCUT2D eigenvalue weighted by Gasteiger charge is 2.27. The van der Waals surface area contributed by atoms with Gasteiger partial charge in [-0.3, -0.25) is 4.79 Å². The van der Waals surface area contributed by atoms with Crippen LogP contribution in [0.1, 0.15) is 24.5 Å². The fourth-order valence-electron chi connectivity index (χ4n) is 2.03. The van der Waals surface area contributed by atoms with Crippen LogP contribution >= 0.6 is 0 Å². The average Bonchev–Trinajstić information content (AvgIpc) is 2.90. The van der Waals surface area contributed by atoms with E-state index >= 15 is 0 Å². The number of aryl methyl sites for hydroxylation is 1. The number of aromatic amines is 1. The van der Waals surface area contributed by atoms with Crippen LogP contribution in [-0.2, 0) is 4.79 Å². The predicted octanol–water partition coefficient (Wildman–Crippen LogP) is 0.263. The Hall–Kier alpha value is -2.05. The Morgan fingerprint density at radius 2 is 2.32 bits per heavy atom. The number of hydrogen-bond acceptors (Lipinski definition) is 3. The van der Waals surface area contributed by atoms with Crippen LogP contribution in [0, 0.1) is 6.92 Å². The van der Waals surface area contributed by atoms with Gasteiger partial charge in [0.15, 0.2) is 0 Å². The van der Waals surface area contributed by atoms with Gasteiger partial charge in [0.2, 0.25) is 5.91 Å². The number of imidazole rings is 1. The second-order valence-electron chi connectivity index (χ2n) is 4.87. The van der Waals surface area contributed by atoms with Crippen LogP contribution in [0.4, 0.5) is 4.79 Å². The summed E-state index contributed by atoms with van der Waals surface area (Å²) in [6, 6.07) is -0.298. The van der Waals surface area contributed by atoms with Gasteiger partial charge in [-0.2, -0.15) is 0 Å². The third-order valence-corrected chi connectivity index (χ3v) is 3.15. The second-order valence-corrected chi connectivity index (χ2v) is 4.87. The van der Waals surface area contributed by atoms with E-state index in [1.165, 1.54) is 4.90 Å². The minimum Gasteiger partial charge on any atom is -0.345 e. The molecule has 2 heterocycles. The van der Waals surface area contributed by atoms with Gasteiger partial charge in [0, 0.05) is 32.0 Å². The fourth-order valence-corrected chi connectivity index (χ4v) is 2.03. The largest absolute Gasteiger partial charge is 0.345 e. The zero-order chi connectivity index (χ0) is 14.0. The number of likely N-dealkylation sites (N-methyl/N-ethyl adjacent to an activating group) is 1. The first-order valence-electron chi connectivity index (χ1n) is 6.28. The smallest absolute Gasteiger partial charge is 0.320 e. The van der Waals surface area contributed by atoms with Crippen LogP contribution in [0.15, 0.2) is 6.20 Å². The number of rotatable bonds is 4. The highest BCUT2D eigenvalue weighted by molar-refractivity contribution is 5.85. The molecule has 0 saturated carbocycles. The number of aromatic nitrogens is 2. The monoisotopic (exact) mass is 265 g/mol. The summed E-state index contributed by atoms with van der Waals surface area (Å²) in [6.45, 7) is 5.11. The minimum absolute atomic E-state index is 0.0905. The number of carbonyl (C=O) groups is 2. The van der Waals surface area contributed by atoms with E-state index in [1.54, 1.807) is 18.1 Å². The number of carbonyl (C=O) groups excluding carboxylic acids is 2. The van der Waals surface area contributed by atoms with Crippen molar-refractivity contribution in [3.8, 4) is 0 Å². The van der Waals surface area contributed by atoms with Crippen molar-refractivity contribution in [2.75, 3.05) is 26.7 Å². The highest BCUT2D eigenvalue weighted by atomic mass is 16.2. The molecule has 1 aromatic heterocycles. The number of H-pyrrole nitrogens is 1. The number of nitrogens with one attached hydrogen (secondary N) is 2. The van der Waals surface area contributed by atoms with Gasteiger partial charge in [0.05, 0.1) is 6.04 Å². The molecule has 1 saturated heterocycles. The van der Waals surface area contributed by atoms with E-state index in [9.17, 15) is 9.59 Å². The summed E-state index contributed by atoms with van der Waals surface area (Å²) < 4.78 is 0. The highest BCUT2D eigenvalue weighted by Crippen LogP contribution is 2.09. The SMILES string of the molecule is Cc1cnc(C(C)NC(=O)CN2CCN(C)C2=O)[nH]1. The van der Waals surface area contributed by atoms with Gasteiger partial charge in [0.25, 0.3) is 0 Å². The normalized spacial score (nSPS) is 16.9. The van der Waals surface area contributed by atoms with Crippen molar-refractivity contribution < 1.29 is 9.59 Å². The van der Waals surface area contributed by atoms with Gasteiger partial charge in [-0.15, -0.1) is 0 Å². The lowest BCUT2D eigenvalue weighted by Gasteiger charge is -2.17. The summed E-state index contributed by atoms with van der Waals surface area (Å²) in [5, 5.41) is 2.83. The Labute approximate surface area is 112 Å². The topological polar surface area (TPSA) is 81.3 Å². The summed E-state index contributed by atoms with van der Waals surface area (Å²) in [5.74, 6) is 0.543. The molecule has 7 nitrogen and oxygen atoms in total. The van der Waals surface area contributed by atoms with Gasteiger partial charge < -0.3 is 20.1 Å². The summed E-state index contributed by atoms with van der Waals surface area (Å²) in [7, 11) is 1.73.